The van der Waals surface area contributed by atoms with E-state index in [2.05, 4.69) is 16.8 Å². The molecule has 0 unspecified atom stereocenters. The molecule has 0 bridgehead atoms. The van der Waals surface area contributed by atoms with Gasteiger partial charge in [-0.3, -0.25) is 0 Å². The summed E-state index contributed by atoms with van der Waals surface area (Å²) in [5.41, 5.74) is 1.10. The van der Waals surface area contributed by atoms with Gasteiger partial charge >= 0.3 is 0 Å². The molecule has 0 fully saturated rings. The number of aromatic nitrogens is 1. The summed E-state index contributed by atoms with van der Waals surface area (Å²) in [5, 5.41) is 0.526. The third kappa shape index (κ3) is 2.61. The minimum absolute atomic E-state index is 0.526. The molecule has 2 heteroatoms. The Hall–Kier alpha value is -1.00. The van der Waals surface area contributed by atoms with Crippen molar-refractivity contribution in [1.82, 2.24) is 4.98 Å². The molecule has 0 atom stereocenters. The lowest BCUT2D eigenvalue weighted by Crippen LogP contribution is -1.82. The Balaban J connectivity index is 2.71. The Kier molecular flexibility index (Phi) is 2.95. The lowest BCUT2D eigenvalue weighted by molar-refractivity contribution is 1.21. The molecule has 0 saturated heterocycles. The highest BCUT2D eigenvalue weighted by Crippen LogP contribution is 2.04. The Morgan fingerprint density at radius 3 is 2.91 bits per heavy atom. The molecule has 56 valence electrons. The summed E-state index contributed by atoms with van der Waals surface area (Å²) >= 11 is 5.60. The van der Waals surface area contributed by atoms with Gasteiger partial charge in [-0.15, -0.1) is 5.92 Å². The Bertz CT molecular complexity index is 279. The lowest BCUT2D eigenvalue weighted by atomic mass is 10.2. The zero-order chi connectivity index (χ0) is 8.10. The quantitative estimate of drug-likeness (QED) is 0.460. The van der Waals surface area contributed by atoms with Crippen LogP contribution in [-0.4, -0.2) is 4.98 Å². The van der Waals surface area contributed by atoms with Gasteiger partial charge in [0.2, 0.25) is 0 Å². The zero-order valence-corrected chi connectivity index (χ0v) is 7.02. The van der Waals surface area contributed by atoms with Gasteiger partial charge < -0.3 is 0 Å². The van der Waals surface area contributed by atoms with E-state index in [1.807, 2.05) is 13.0 Å². The molecule has 0 aliphatic heterocycles. The van der Waals surface area contributed by atoms with Gasteiger partial charge in [0.05, 0.1) is 0 Å². The van der Waals surface area contributed by atoms with Crippen molar-refractivity contribution in [3.63, 3.8) is 0 Å². The molecule has 0 aliphatic carbocycles. The maximum Gasteiger partial charge on any atom is 0.129 e. The molecular weight excluding hydrogens is 158 g/mol. The van der Waals surface area contributed by atoms with Crippen LogP contribution in [0, 0.1) is 11.8 Å². The lowest BCUT2D eigenvalue weighted by Gasteiger charge is -1.92. The second-order valence-corrected chi connectivity index (χ2v) is 2.48. The van der Waals surface area contributed by atoms with Gasteiger partial charge in [-0.05, 0) is 18.6 Å². The minimum atomic E-state index is 0.526. The van der Waals surface area contributed by atoms with Crippen LogP contribution in [0.1, 0.15) is 12.5 Å². The molecule has 0 spiro atoms. The Labute approximate surface area is 71.4 Å². The zero-order valence-electron chi connectivity index (χ0n) is 6.26. The van der Waals surface area contributed by atoms with Crippen LogP contribution in [0.4, 0.5) is 0 Å². The van der Waals surface area contributed by atoms with Crippen molar-refractivity contribution in [3.05, 3.63) is 29.0 Å². The summed E-state index contributed by atoms with van der Waals surface area (Å²) in [5.74, 6) is 5.77. The number of halogens is 1. The topological polar surface area (TPSA) is 12.9 Å². The van der Waals surface area contributed by atoms with Crippen molar-refractivity contribution in [2.75, 3.05) is 0 Å². The second kappa shape index (κ2) is 4.00. The van der Waals surface area contributed by atoms with Crippen LogP contribution in [0.3, 0.4) is 0 Å². The highest BCUT2D eigenvalue weighted by atomic mass is 35.5. The summed E-state index contributed by atoms with van der Waals surface area (Å²) in [6, 6.07) is 3.70. The van der Waals surface area contributed by atoms with Crippen molar-refractivity contribution in [1.29, 1.82) is 0 Å². The van der Waals surface area contributed by atoms with E-state index < -0.39 is 0 Å². The van der Waals surface area contributed by atoms with Crippen molar-refractivity contribution in [2.45, 2.75) is 13.3 Å². The summed E-state index contributed by atoms with van der Waals surface area (Å²) in [6.07, 6.45) is 2.49. The van der Waals surface area contributed by atoms with Gasteiger partial charge in [0.15, 0.2) is 0 Å². The first kappa shape index (κ1) is 8.10. The first-order valence-electron chi connectivity index (χ1n) is 3.33. The molecule has 11 heavy (non-hydrogen) atoms. The molecule has 1 heterocycles. The maximum atomic E-state index is 5.60. The average molecular weight is 166 g/mol. The van der Waals surface area contributed by atoms with E-state index in [9.17, 15) is 0 Å². The van der Waals surface area contributed by atoms with Gasteiger partial charge in [0.25, 0.3) is 0 Å². The number of rotatable bonds is 1. The molecule has 0 N–H and O–H groups in total. The number of pyridine rings is 1. The van der Waals surface area contributed by atoms with Crippen molar-refractivity contribution in [2.24, 2.45) is 0 Å². The summed E-state index contributed by atoms with van der Waals surface area (Å²) in [4.78, 5) is 3.93. The summed E-state index contributed by atoms with van der Waals surface area (Å²) in [7, 11) is 0. The van der Waals surface area contributed by atoms with Gasteiger partial charge in [0, 0.05) is 12.6 Å². The van der Waals surface area contributed by atoms with Crippen LogP contribution in [0.2, 0.25) is 5.15 Å². The average Bonchev–Trinajstić information content (AvgIpc) is 2.04. The number of hydrogen-bond donors (Lipinski definition) is 0. The standard InChI is InChI=1S/C9H8ClN/c1-2-3-4-8-5-6-9(10)11-7-8/h5-7H,4H2,1H3. The Morgan fingerprint density at radius 2 is 2.36 bits per heavy atom. The van der Waals surface area contributed by atoms with E-state index in [-0.39, 0.29) is 0 Å². The Morgan fingerprint density at radius 1 is 1.55 bits per heavy atom. The molecular formula is C9H8ClN. The van der Waals surface area contributed by atoms with Crippen LogP contribution in [0.25, 0.3) is 0 Å². The first-order chi connectivity index (χ1) is 5.33. The number of hydrogen-bond acceptors (Lipinski definition) is 1. The molecule has 0 saturated carbocycles. The number of nitrogens with zero attached hydrogens (tertiary/aromatic N) is 1. The molecule has 0 aromatic carbocycles. The van der Waals surface area contributed by atoms with E-state index in [0.717, 1.165) is 12.0 Å². The molecule has 1 aromatic heterocycles. The molecule has 1 nitrogen and oxygen atoms in total. The van der Waals surface area contributed by atoms with Gasteiger partial charge in [0.1, 0.15) is 5.15 Å². The van der Waals surface area contributed by atoms with E-state index in [1.165, 1.54) is 0 Å². The van der Waals surface area contributed by atoms with Crippen LogP contribution < -0.4 is 0 Å². The third-order valence-corrected chi connectivity index (χ3v) is 1.48. The molecule has 1 rings (SSSR count). The second-order valence-electron chi connectivity index (χ2n) is 2.09. The normalized spacial score (nSPS) is 8.55. The van der Waals surface area contributed by atoms with Gasteiger partial charge in [-0.1, -0.05) is 23.6 Å². The van der Waals surface area contributed by atoms with Crippen LogP contribution in [0.5, 0.6) is 0 Å². The van der Waals surface area contributed by atoms with E-state index >= 15 is 0 Å². The van der Waals surface area contributed by atoms with E-state index in [4.69, 9.17) is 11.6 Å². The van der Waals surface area contributed by atoms with E-state index in [0.29, 0.717) is 5.15 Å². The van der Waals surface area contributed by atoms with Crippen LogP contribution in [-0.2, 0) is 6.42 Å². The van der Waals surface area contributed by atoms with Crippen molar-refractivity contribution >= 4 is 11.6 Å². The maximum absolute atomic E-state index is 5.60. The largest absolute Gasteiger partial charge is 0.244 e. The summed E-state index contributed by atoms with van der Waals surface area (Å²) in [6.45, 7) is 1.82. The molecule has 0 aliphatic rings. The monoisotopic (exact) mass is 165 g/mol. The van der Waals surface area contributed by atoms with Crippen molar-refractivity contribution in [3.8, 4) is 11.8 Å². The molecule has 1 aromatic rings. The van der Waals surface area contributed by atoms with Crippen molar-refractivity contribution < 1.29 is 0 Å². The molecule has 0 radical (unpaired) electrons. The predicted molar refractivity (Wildman–Crippen MR) is 46.4 cm³/mol. The summed E-state index contributed by atoms with van der Waals surface area (Å²) < 4.78 is 0. The minimum Gasteiger partial charge on any atom is -0.244 e. The highest BCUT2D eigenvalue weighted by molar-refractivity contribution is 6.29. The van der Waals surface area contributed by atoms with Gasteiger partial charge in [-0.25, -0.2) is 4.98 Å². The SMILES string of the molecule is CC#CCc1ccc(Cl)nc1. The smallest absolute Gasteiger partial charge is 0.129 e. The fourth-order valence-electron chi connectivity index (χ4n) is 0.701. The van der Waals surface area contributed by atoms with Crippen LogP contribution in [0.15, 0.2) is 18.3 Å². The first-order valence-corrected chi connectivity index (χ1v) is 3.71. The molecule has 0 amide bonds. The van der Waals surface area contributed by atoms with Gasteiger partial charge in [-0.2, -0.15) is 0 Å². The fraction of sp³-hybridized carbons (Fsp3) is 0.222. The fourth-order valence-corrected chi connectivity index (χ4v) is 0.813. The third-order valence-electron chi connectivity index (χ3n) is 1.26. The van der Waals surface area contributed by atoms with Crippen LogP contribution >= 0.6 is 11.6 Å². The predicted octanol–water partition coefficient (Wildman–Crippen LogP) is 2.30. The highest BCUT2D eigenvalue weighted by Gasteiger charge is 1.89. The van der Waals surface area contributed by atoms with E-state index in [1.54, 1.807) is 12.3 Å².